The molecule has 1 rings (SSSR count). The van der Waals surface area contributed by atoms with E-state index in [4.69, 9.17) is 26.8 Å². The van der Waals surface area contributed by atoms with Gasteiger partial charge >= 0.3 is 0 Å². The zero-order valence-electron chi connectivity index (χ0n) is 9.21. The molecule has 15 heavy (non-hydrogen) atoms. The molecular formula is C11H16ClNO2. The van der Waals surface area contributed by atoms with Crippen LogP contribution in [0.2, 0.25) is 5.02 Å². The first kappa shape index (κ1) is 12.1. The summed E-state index contributed by atoms with van der Waals surface area (Å²) in [5.74, 6) is 1.30. The van der Waals surface area contributed by atoms with Crippen LogP contribution in [0.1, 0.15) is 19.4 Å². The number of benzene rings is 1. The van der Waals surface area contributed by atoms with Crippen LogP contribution in [0, 0.1) is 0 Å². The summed E-state index contributed by atoms with van der Waals surface area (Å²) in [7, 11) is 1.58. The highest BCUT2D eigenvalue weighted by atomic mass is 35.5. The van der Waals surface area contributed by atoms with Gasteiger partial charge in [0.15, 0.2) is 11.5 Å². The normalized spacial score (nSPS) is 10.5. The Labute approximate surface area is 95.1 Å². The lowest BCUT2D eigenvalue weighted by Crippen LogP contribution is -2.10. The summed E-state index contributed by atoms with van der Waals surface area (Å²) in [6.45, 7) is 4.28. The molecule has 1 aromatic rings. The fourth-order valence-electron chi connectivity index (χ4n) is 1.30. The van der Waals surface area contributed by atoms with Crippen LogP contribution in [-0.4, -0.2) is 13.2 Å². The number of hydrogen-bond donors (Lipinski definition) is 1. The zero-order valence-corrected chi connectivity index (χ0v) is 9.97. The largest absolute Gasteiger partial charge is 0.493 e. The van der Waals surface area contributed by atoms with Crippen LogP contribution in [0.15, 0.2) is 12.1 Å². The molecule has 0 aromatic heterocycles. The van der Waals surface area contributed by atoms with Gasteiger partial charge in [0.05, 0.1) is 13.2 Å². The first-order chi connectivity index (χ1) is 7.08. The molecule has 0 aliphatic rings. The lowest BCUT2D eigenvalue weighted by molar-refractivity contribution is 0.227. The van der Waals surface area contributed by atoms with Gasteiger partial charge in [0.1, 0.15) is 0 Å². The number of nitrogens with two attached hydrogens (primary N) is 1. The maximum atomic E-state index is 5.92. The van der Waals surface area contributed by atoms with E-state index in [0.29, 0.717) is 23.1 Å². The summed E-state index contributed by atoms with van der Waals surface area (Å²) in [5, 5.41) is 0.600. The smallest absolute Gasteiger partial charge is 0.166 e. The van der Waals surface area contributed by atoms with Crippen molar-refractivity contribution in [2.75, 3.05) is 7.11 Å². The van der Waals surface area contributed by atoms with E-state index in [-0.39, 0.29) is 6.10 Å². The predicted octanol–water partition coefficient (Wildman–Crippen LogP) is 2.59. The van der Waals surface area contributed by atoms with Gasteiger partial charge in [-0.15, -0.1) is 0 Å². The summed E-state index contributed by atoms with van der Waals surface area (Å²) in [6.07, 6.45) is 0.0744. The first-order valence-electron chi connectivity index (χ1n) is 4.81. The van der Waals surface area contributed by atoms with Crippen molar-refractivity contribution in [3.05, 3.63) is 22.7 Å². The Kier molecular flexibility index (Phi) is 4.24. The van der Waals surface area contributed by atoms with Gasteiger partial charge in [-0.2, -0.15) is 0 Å². The highest BCUT2D eigenvalue weighted by Gasteiger charge is 2.12. The molecule has 84 valence electrons. The fraction of sp³-hybridized carbons (Fsp3) is 0.455. The molecule has 1 aromatic carbocycles. The summed E-state index contributed by atoms with van der Waals surface area (Å²) in [6, 6.07) is 3.51. The minimum absolute atomic E-state index is 0.0744. The average Bonchev–Trinajstić information content (AvgIpc) is 2.19. The Morgan fingerprint density at radius 3 is 2.53 bits per heavy atom. The van der Waals surface area contributed by atoms with Crippen molar-refractivity contribution in [2.45, 2.75) is 26.5 Å². The van der Waals surface area contributed by atoms with Gasteiger partial charge in [0.2, 0.25) is 0 Å². The molecule has 0 radical (unpaired) electrons. The van der Waals surface area contributed by atoms with Gasteiger partial charge in [-0.3, -0.25) is 0 Å². The van der Waals surface area contributed by atoms with Gasteiger partial charge in [0.25, 0.3) is 0 Å². The van der Waals surface area contributed by atoms with Crippen LogP contribution >= 0.6 is 11.6 Å². The van der Waals surface area contributed by atoms with Crippen LogP contribution in [-0.2, 0) is 6.54 Å². The molecule has 0 spiro atoms. The third-order valence-electron chi connectivity index (χ3n) is 1.89. The monoisotopic (exact) mass is 229 g/mol. The maximum Gasteiger partial charge on any atom is 0.166 e. The van der Waals surface area contributed by atoms with Crippen LogP contribution in [0.5, 0.6) is 11.5 Å². The lowest BCUT2D eigenvalue weighted by atomic mass is 10.2. The van der Waals surface area contributed by atoms with E-state index >= 15 is 0 Å². The third kappa shape index (κ3) is 3.01. The molecule has 3 nitrogen and oxygen atoms in total. The minimum Gasteiger partial charge on any atom is -0.493 e. The Morgan fingerprint density at radius 1 is 1.40 bits per heavy atom. The van der Waals surface area contributed by atoms with Crippen molar-refractivity contribution in [1.82, 2.24) is 0 Å². The predicted molar refractivity (Wildman–Crippen MR) is 61.7 cm³/mol. The zero-order chi connectivity index (χ0) is 11.4. The number of rotatable bonds is 4. The quantitative estimate of drug-likeness (QED) is 0.863. The van der Waals surface area contributed by atoms with E-state index < -0.39 is 0 Å². The minimum atomic E-state index is 0.0744. The maximum absolute atomic E-state index is 5.92. The van der Waals surface area contributed by atoms with E-state index in [9.17, 15) is 0 Å². The Morgan fingerprint density at radius 2 is 2.07 bits per heavy atom. The molecular weight excluding hydrogens is 214 g/mol. The molecule has 0 bridgehead atoms. The summed E-state index contributed by atoms with van der Waals surface area (Å²) in [4.78, 5) is 0. The summed E-state index contributed by atoms with van der Waals surface area (Å²) >= 11 is 5.92. The van der Waals surface area contributed by atoms with Crippen LogP contribution in [0.25, 0.3) is 0 Å². The highest BCUT2D eigenvalue weighted by molar-refractivity contribution is 6.30. The van der Waals surface area contributed by atoms with Crippen molar-refractivity contribution in [3.8, 4) is 11.5 Å². The second kappa shape index (κ2) is 5.24. The molecule has 4 heteroatoms. The number of ether oxygens (including phenoxy) is 2. The fourth-order valence-corrected chi connectivity index (χ4v) is 1.53. The van der Waals surface area contributed by atoms with Crippen molar-refractivity contribution < 1.29 is 9.47 Å². The molecule has 2 N–H and O–H groups in total. The molecule has 0 atom stereocenters. The molecule has 0 aliphatic carbocycles. The van der Waals surface area contributed by atoms with E-state index in [1.54, 1.807) is 19.2 Å². The van der Waals surface area contributed by atoms with Gasteiger partial charge in [-0.1, -0.05) is 11.6 Å². The van der Waals surface area contributed by atoms with E-state index in [0.717, 1.165) is 5.56 Å². The van der Waals surface area contributed by atoms with E-state index in [1.807, 2.05) is 13.8 Å². The van der Waals surface area contributed by atoms with Crippen LogP contribution in [0.3, 0.4) is 0 Å². The number of methoxy groups -OCH3 is 1. The third-order valence-corrected chi connectivity index (χ3v) is 2.11. The highest BCUT2D eigenvalue weighted by Crippen LogP contribution is 2.35. The van der Waals surface area contributed by atoms with Gasteiger partial charge in [-0.05, 0) is 19.9 Å². The van der Waals surface area contributed by atoms with Crippen LogP contribution < -0.4 is 15.2 Å². The Hall–Kier alpha value is -0.930. The van der Waals surface area contributed by atoms with Gasteiger partial charge in [-0.25, -0.2) is 0 Å². The first-order valence-corrected chi connectivity index (χ1v) is 5.19. The second-order valence-corrected chi connectivity index (χ2v) is 3.90. The number of halogens is 1. The summed E-state index contributed by atoms with van der Waals surface area (Å²) in [5.41, 5.74) is 6.48. The molecule has 0 heterocycles. The Balaban J connectivity index is 3.18. The molecule has 0 saturated heterocycles. The van der Waals surface area contributed by atoms with E-state index in [2.05, 4.69) is 0 Å². The van der Waals surface area contributed by atoms with Crippen molar-refractivity contribution >= 4 is 11.6 Å². The standard InChI is InChI=1S/C11H16ClNO2/c1-7(2)15-11-8(6-13)4-9(12)5-10(11)14-3/h4-5,7H,6,13H2,1-3H3. The summed E-state index contributed by atoms with van der Waals surface area (Å²) < 4.78 is 10.9. The average molecular weight is 230 g/mol. The molecule has 0 aliphatic heterocycles. The van der Waals surface area contributed by atoms with E-state index in [1.165, 1.54) is 0 Å². The molecule has 0 amide bonds. The Bertz CT molecular complexity index is 314. The molecule has 0 saturated carbocycles. The SMILES string of the molecule is COc1cc(Cl)cc(CN)c1OC(C)C. The molecule has 0 unspecified atom stereocenters. The second-order valence-electron chi connectivity index (χ2n) is 3.47. The van der Waals surface area contributed by atoms with Crippen LogP contribution in [0.4, 0.5) is 0 Å². The molecule has 0 fully saturated rings. The topological polar surface area (TPSA) is 44.5 Å². The van der Waals surface area contributed by atoms with Gasteiger partial charge < -0.3 is 15.2 Å². The van der Waals surface area contributed by atoms with Crippen molar-refractivity contribution in [1.29, 1.82) is 0 Å². The lowest BCUT2D eigenvalue weighted by Gasteiger charge is -2.17. The van der Waals surface area contributed by atoms with Crippen molar-refractivity contribution in [3.63, 3.8) is 0 Å². The number of hydrogen-bond acceptors (Lipinski definition) is 3. The van der Waals surface area contributed by atoms with Crippen molar-refractivity contribution in [2.24, 2.45) is 5.73 Å². The van der Waals surface area contributed by atoms with Gasteiger partial charge in [0, 0.05) is 23.2 Å².